The number of nitrogens with two attached hydrogens (primary N) is 1. The molecule has 1 aromatic carbocycles. The molecular formula is C25H26F6N6O. The van der Waals surface area contributed by atoms with E-state index in [2.05, 4.69) is 20.6 Å². The summed E-state index contributed by atoms with van der Waals surface area (Å²) in [6.07, 6.45) is -6.40. The van der Waals surface area contributed by atoms with Crippen LogP contribution < -0.4 is 21.3 Å². The van der Waals surface area contributed by atoms with Crippen LogP contribution in [0.25, 0.3) is 0 Å². The molecule has 2 atom stereocenters. The minimum atomic E-state index is -4.64. The number of benzene rings is 1. The van der Waals surface area contributed by atoms with E-state index in [4.69, 9.17) is 10.5 Å². The first kappa shape index (κ1) is 26.3. The molecule has 0 aliphatic carbocycles. The van der Waals surface area contributed by atoms with Crippen molar-refractivity contribution in [2.75, 3.05) is 36.5 Å². The van der Waals surface area contributed by atoms with E-state index in [1.54, 1.807) is 0 Å². The molecule has 1 aromatic heterocycles. The van der Waals surface area contributed by atoms with Gasteiger partial charge in [-0.1, -0.05) is 0 Å². The predicted molar refractivity (Wildman–Crippen MR) is 129 cm³/mol. The number of nitrogens with zero attached hydrogens (tertiary/aromatic N) is 3. The summed E-state index contributed by atoms with van der Waals surface area (Å²) in [5.41, 5.74) is 6.98. The molecule has 7 nitrogen and oxygen atoms in total. The van der Waals surface area contributed by atoms with E-state index in [0.717, 1.165) is 23.9 Å². The van der Waals surface area contributed by atoms with Gasteiger partial charge in [-0.2, -0.15) is 26.3 Å². The minimum absolute atomic E-state index is 0.187. The van der Waals surface area contributed by atoms with Gasteiger partial charge in [0.25, 0.3) is 0 Å². The fourth-order valence-electron chi connectivity index (χ4n) is 4.97. The second kappa shape index (κ2) is 9.77. The largest absolute Gasteiger partial charge is 0.419 e. The lowest BCUT2D eigenvalue weighted by molar-refractivity contribution is -0.138. The van der Waals surface area contributed by atoms with Gasteiger partial charge in [0.2, 0.25) is 0 Å². The van der Waals surface area contributed by atoms with Crippen LogP contribution in [-0.4, -0.2) is 42.9 Å². The smallest absolute Gasteiger partial charge is 0.381 e. The van der Waals surface area contributed by atoms with Crippen LogP contribution in [0.3, 0.4) is 0 Å². The number of halogens is 6. The molecule has 3 aliphatic heterocycles. The molecule has 2 unspecified atom stereocenters. The summed E-state index contributed by atoms with van der Waals surface area (Å²) < 4.78 is 85.5. The summed E-state index contributed by atoms with van der Waals surface area (Å²) >= 11 is 0. The van der Waals surface area contributed by atoms with Gasteiger partial charge < -0.3 is 20.3 Å². The topological polar surface area (TPSA) is 87.8 Å². The zero-order chi connectivity index (χ0) is 27.1. The number of aromatic nitrogens is 1. The van der Waals surface area contributed by atoms with E-state index in [0.29, 0.717) is 56.8 Å². The fourth-order valence-corrected chi connectivity index (χ4v) is 4.97. The average Bonchev–Trinajstić information content (AvgIpc) is 3.33. The summed E-state index contributed by atoms with van der Waals surface area (Å²) in [4.78, 5) is 10.5. The van der Waals surface area contributed by atoms with Crippen molar-refractivity contribution < 1.29 is 31.1 Å². The fraction of sp³-hybridized carbons (Fsp3) is 0.440. The third kappa shape index (κ3) is 5.30. The maximum atomic E-state index is 13.7. The molecule has 3 aliphatic rings. The molecule has 4 N–H and O–H groups in total. The molecule has 0 amide bonds. The normalized spacial score (nSPS) is 24.4. The van der Waals surface area contributed by atoms with Gasteiger partial charge in [0.1, 0.15) is 11.7 Å². The Morgan fingerprint density at radius 3 is 2.42 bits per heavy atom. The van der Waals surface area contributed by atoms with E-state index in [9.17, 15) is 26.3 Å². The van der Waals surface area contributed by atoms with Gasteiger partial charge in [-0.15, -0.1) is 0 Å². The number of ether oxygens (including phenoxy) is 1. The summed E-state index contributed by atoms with van der Waals surface area (Å²) in [6, 6.07) is 7.04. The van der Waals surface area contributed by atoms with Crippen LogP contribution in [0.2, 0.25) is 0 Å². The molecule has 38 heavy (non-hydrogen) atoms. The third-order valence-corrected chi connectivity index (χ3v) is 7.02. The maximum absolute atomic E-state index is 13.7. The van der Waals surface area contributed by atoms with Crippen molar-refractivity contribution in [3.63, 3.8) is 0 Å². The van der Waals surface area contributed by atoms with Crippen LogP contribution in [0, 0.1) is 5.92 Å². The molecule has 1 fully saturated rings. The van der Waals surface area contributed by atoms with Crippen molar-refractivity contribution in [3.8, 4) is 0 Å². The Balaban J connectivity index is 1.45. The number of alkyl halides is 6. The first-order valence-corrected chi connectivity index (χ1v) is 12.1. The van der Waals surface area contributed by atoms with E-state index in [-0.39, 0.29) is 17.6 Å². The molecule has 0 bridgehead atoms. The highest BCUT2D eigenvalue weighted by atomic mass is 19.4. The first-order chi connectivity index (χ1) is 17.9. The number of rotatable bonds is 3. The van der Waals surface area contributed by atoms with Crippen molar-refractivity contribution in [2.45, 2.75) is 37.4 Å². The van der Waals surface area contributed by atoms with Crippen LogP contribution in [-0.2, 0) is 17.1 Å². The van der Waals surface area contributed by atoms with E-state index < -0.39 is 29.3 Å². The van der Waals surface area contributed by atoms with Gasteiger partial charge in [-0.25, -0.2) is 9.98 Å². The van der Waals surface area contributed by atoms with Crippen LogP contribution >= 0.6 is 0 Å². The van der Waals surface area contributed by atoms with Gasteiger partial charge in [0.15, 0.2) is 5.79 Å². The van der Waals surface area contributed by atoms with Gasteiger partial charge in [0.05, 0.1) is 17.7 Å². The summed E-state index contributed by atoms with van der Waals surface area (Å²) in [5.74, 6) is -1.73. The molecule has 5 rings (SSSR count). The maximum Gasteiger partial charge on any atom is 0.419 e. The van der Waals surface area contributed by atoms with Crippen LogP contribution in [0.4, 0.5) is 37.8 Å². The Hall–Kier alpha value is -3.32. The van der Waals surface area contributed by atoms with Gasteiger partial charge in [0, 0.05) is 55.2 Å². The minimum Gasteiger partial charge on any atom is -0.381 e. The van der Waals surface area contributed by atoms with Crippen LogP contribution in [0.15, 0.2) is 58.9 Å². The highest BCUT2D eigenvalue weighted by molar-refractivity contribution is 6.09. The van der Waals surface area contributed by atoms with Crippen LogP contribution in [0.5, 0.6) is 0 Å². The molecule has 204 valence electrons. The summed E-state index contributed by atoms with van der Waals surface area (Å²) in [6.45, 7) is 1.71. The molecule has 13 heteroatoms. The Bertz CT molecular complexity index is 1240. The standard InChI is InChI=1S/C25H26F6N6O/c26-23(27,28)15-3-5-17(6-4-15)37-11-7-18-20(8-12-37)35-25(32,16-9-13-38-14-16)36-21(18)34-22-19(24(29,30)31)2-1-10-33-22/h1-6,10,16,35H,7-9,11-14,32H2,(H,33,34,36). The Morgan fingerprint density at radius 1 is 1.03 bits per heavy atom. The lowest BCUT2D eigenvalue weighted by atomic mass is 9.95. The van der Waals surface area contributed by atoms with Gasteiger partial charge in [-0.3, -0.25) is 5.73 Å². The van der Waals surface area contributed by atoms with Crippen LogP contribution in [0.1, 0.15) is 30.4 Å². The second-order valence-electron chi connectivity index (χ2n) is 9.48. The Kier molecular flexibility index (Phi) is 6.76. The van der Waals surface area contributed by atoms with E-state index in [1.165, 1.54) is 24.4 Å². The summed E-state index contributed by atoms with van der Waals surface area (Å²) in [5, 5.41) is 6.10. The average molecular weight is 541 g/mol. The zero-order valence-corrected chi connectivity index (χ0v) is 20.2. The van der Waals surface area contributed by atoms with Crippen molar-refractivity contribution in [2.24, 2.45) is 16.6 Å². The molecule has 0 radical (unpaired) electrons. The first-order valence-electron chi connectivity index (χ1n) is 12.1. The second-order valence-corrected chi connectivity index (χ2v) is 9.48. The van der Waals surface area contributed by atoms with Crippen molar-refractivity contribution in [3.05, 3.63) is 65.0 Å². The SMILES string of the molecule is NC1(C2CCOC2)N=C(Nc2ncccc2C(F)(F)F)C2=C(CCN(c3ccc(C(F)(F)F)cc3)CC2)N1. The number of nitrogens with one attached hydrogen (secondary N) is 2. The number of pyridine rings is 1. The molecule has 4 heterocycles. The number of anilines is 2. The molecule has 0 saturated carbocycles. The number of aliphatic imine (C=N–C) groups is 1. The Morgan fingerprint density at radius 2 is 1.76 bits per heavy atom. The van der Waals surface area contributed by atoms with Gasteiger partial charge in [-0.05, 0) is 49.2 Å². The molecular weight excluding hydrogens is 514 g/mol. The number of hydrogen-bond acceptors (Lipinski definition) is 7. The Labute approximate surface area is 214 Å². The molecule has 0 spiro atoms. The van der Waals surface area contributed by atoms with Crippen molar-refractivity contribution in [1.82, 2.24) is 10.3 Å². The highest BCUT2D eigenvalue weighted by Gasteiger charge is 2.43. The third-order valence-electron chi connectivity index (χ3n) is 7.02. The summed E-state index contributed by atoms with van der Waals surface area (Å²) in [7, 11) is 0. The monoisotopic (exact) mass is 540 g/mol. The van der Waals surface area contributed by atoms with Gasteiger partial charge >= 0.3 is 12.4 Å². The van der Waals surface area contributed by atoms with Crippen molar-refractivity contribution >= 4 is 17.3 Å². The molecule has 2 aromatic rings. The highest BCUT2D eigenvalue weighted by Crippen LogP contribution is 2.37. The lowest BCUT2D eigenvalue weighted by Gasteiger charge is -2.38. The predicted octanol–water partition coefficient (Wildman–Crippen LogP) is 4.74. The zero-order valence-electron chi connectivity index (χ0n) is 20.2. The quantitative estimate of drug-likeness (QED) is 0.488. The molecule has 1 saturated heterocycles. The van der Waals surface area contributed by atoms with E-state index in [1.807, 2.05) is 4.90 Å². The number of hydrogen-bond donors (Lipinski definition) is 3. The van der Waals surface area contributed by atoms with Crippen molar-refractivity contribution in [1.29, 1.82) is 0 Å². The number of amidine groups is 1. The van der Waals surface area contributed by atoms with E-state index >= 15 is 0 Å². The lowest BCUT2D eigenvalue weighted by Crippen LogP contribution is -2.60.